The number of rotatable bonds is 4. The summed E-state index contributed by atoms with van der Waals surface area (Å²) < 4.78 is 36.8. The van der Waals surface area contributed by atoms with Gasteiger partial charge in [-0.1, -0.05) is 0 Å². The van der Waals surface area contributed by atoms with E-state index in [4.69, 9.17) is 5.73 Å². The Labute approximate surface area is 100 Å². The molecule has 0 aliphatic rings. The van der Waals surface area contributed by atoms with Crippen molar-refractivity contribution in [2.45, 2.75) is 19.1 Å². The quantitative estimate of drug-likeness (QED) is 0.898. The fraction of sp³-hybridized carbons (Fsp3) is 0.556. The predicted octanol–water partition coefficient (Wildman–Crippen LogP) is 1.47. The number of hydrogen-bond acceptors (Lipinski definition) is 4. The first-order valence-corrected chi connectivity index (χ1v) is 5.68. The lowest BCUT2D eigenvalue weighted by Gasteiger charge is -2.14. The fourth-order valence-electron chi connectivity index (χ4n) is 1.12. The molecule has 0 aliphatic carbocycles. The number of halogens is 3. The minimum absolute atomic E-state index is 0.0690. The Hall–Kier alpha value is -1.15. The van der Waals surface area contributed by atoms with E-state index in [1.54, 1.807) is 0 Å². The highest BCUT2D eigenvalue weighted by atomic mass is 32.1. The predicted molar refractivity (Wildman–Crippen MR) is 57.3 cm³/mol. The van der Waals surface area contributed by atoms with Crippen molar-refractivity contribution >= 4 is 17.2 Å². The highest BCUT2D eigenvalue weighted by Gasteiger charge is 2.33. The molecule has 0 aromatic carbocycles. The third-order valence-electron chi connectivity index (χ3n) is 2.00. The van der Waals surface area contributed by atoms with Crippen LogP contribution in [0.2, 0.25) is 0 Å². The van der Waals surface area contributed by atoms with E-state index in [-0.39, 0.29) is 30.4 Å². The molecular formula is C9H12F3N3OS. The first kappa shape index (κ1) is 13.9. The van der Waals surface area contributed by atoms with Gasteiger partial charge in [-0.15, -0.1) is 11.3 Å². The molecule has 0 saturated carbocycles. The molecule has 1 aromatic heterocycles. The number of alkyl halides is 3. The Balaban J connectivity index is 2.64. The molecule has 0 fully saturated rings. The molecule has 1 heterocycles. The highest BCUT2D eigenvalue weighted by Crippen LogP contribution is 2.30. The molecule has 96 valence electrons. The average molecular weight is 267 g/mol. The minimum Gasteiger partial charge on any atom is -0.339 e. The van der Waals surface area contributed by atoms with E-state index in [1.165, 1.54) is 11.9 Å². The van der Waals surface area contributed by atoms with E-state index >= 15 is 0 Å². The minimum atomic E-state index is -4.44. The van der Waals surface area contributed by atoms with Gasteiger partial charge in [0.1, 0.15) is 5.01 Å². The van der Waals surface area contributed by atoms with Crippen LogP contribution in [0.4, 0.5) is 13.2 Å². The molecule has 4 nitrogen and oxygen atoms in total. The summed E-state index contributed by atoms with van der Waals surface area (Å²) in [5.41, 5.74) is 4.29. The lowest BCUT2D eigenvalue weighted by Crippen LogP contribution is -2.27. The molecule has 1 aromatic rings. The van der Waals surface area contributed by atoms with Gasteiger partial charge >= 0.3 is 6.18 Å². The number of nitrogens with zero attached hydrogens (tertiary/aromatic N) is 2. The number of amides is 1. The monoisotopic (exact) mass is 267 g/mol. The van der Waals surface area contributed by atoms with Crippen LogP contribution in [0, 0.1) is 0 Å². The van der Waals surface area contributed by atoms with E-state index in [1.807, 2.05) is 0 Å². The van der Waals surface area contributed by atoms with Crippen LogP contribution in [0.1, 0.15) is 17.1 Å². The van der Waals surface area contributed by atoms with Gasteiger partial charge in [-0.05, 0) is 0 Å². The molecule has 0 radical (unpaired) electrons. The first-order chi connectivity index (χ1) is 7.84. The van der Waals surface area contributed by atoms with Gasteiger partial charge in [0.2, 0.25) is 5.91 Å². The standard InChI is InChI=1S/C9H12F3N3OS/c1-15(8(16)2-3-13)4-7-14-6(5-17-7)9(10,11)12/h5H,2-4,13H2,1H3. The van der Waals surface area contributed by atoms with Crippen molar-refractivity contribution < 1.29 is 18.0 Å². The van der Waals surface area contributed by atoms with Gasteiger partial charge < -0.3 is 10.6 Å². The summed E-state index contributed by atoms with van der Waals surface area (Å²) in [5, 5.41) is 1.20. The Morgan fingerprint density at radius 1 is 1.59 bits per heavy atom. The second-order valence-corrected chi connectivity index (χ2v) is 4.36. The van der Waals surface area contributed by atoms with Crippen LogP contribution in [-0.2, 0) is 17.5 Å². The summed E-state index contributed by atoms with van der Waals surface area (Å²) in [6.07, 6.45) is -4.26. The van der Waals surface area contributed by atoms with Crippen molar-refractivity contribution in [3.63, 3.8) is 0 Å². The third-order valence-corrected chi connectivity index (χ3v) is 2.83. The van der Waals surface area contributed by atoms with Crippen LogP contribution in [0.5, 0.6) is 0 Å². The van der Waals surface area contributed by atoms with Gasteiger partial charge in [0.05, 0.1) is 6.54 Å². The zero-order chi connectivity index (χ0) is 13.1. The zero-order valence-corrected chi connectivity index (χ0v) is 9.94. The van der Waals surface area contributed by atoms with Crippen molar-refractivity contribution in [3.8, 4) is 0 Å². The van der Waals surface area contributed by atoms with Gasteiger partial charge in [-0.25, -0.2) is 4.98 Å². The molecule has 17 heavy (non-hydrogen) atoms. The van der Waals surface area contributed by atoms with Gasteiger partial charge in [0.15, 0.2) is 5.69 Å². The van der Waals surface area contributed by atoms with E-state index in [2.05, 4.69) is 4.98 Å². The normalized spacial score (nSPS) is 11.6. The van der Waals surface area contributed by atoms with Crippen molar-refractivity contribution in [2.75, 3.05) is 13.6 Å². The molecular weight excluding hydrogens is 255 g/mol. The largest absolute Gasteiger partial charge is 0.434 e. The SMILES string of the molecule is CN(Cc1nc(C(F)(F)F)cs1)C(=O)CCN. The number of nitrogens with two attached hydrogens (primary N) is 1. The van der Waals surface area contributed by atoms with E-state index in [0.717, 1.165) is 16.7 Å². The Kier molecular flexibility index (Phi) is 4.47. The van der Waals surface area contributed by atoms with Gasteiger partial charge in [-0.2, -0.15) is 13.2 Å². The summed E-state index contributed by atoms with van der Waals surface area (Å²) >= 11 is 0.884. The number of carbonyl (C=O) groups excluding carboxylic acids is 1. The Bertz CT molecular complexity index is 391. The van der Waals surface area contributed by atoms with Crippen molar-refractivity contribution in [3.05, 3.63) is 16.1 Å². The van der Waals surface area contributed by atoms with Crippen molar-refractivity contribution in [1.82, 2.24) is 9.88 Å². The van der Waals surface area contributed by atoms with Gasteiger partial charge in [0, 0.05) is 25.4 Å². The maximum atomic E-state index is 12.3. The number of hydrogen-bond donors (Lipinski definition) is 1. The van der Waals surface area contributed by atoms with E-state index in [0.29, 0.717) is 0 Å². The average Bonchev–Trinajstić information content (AvgIpc) is 2.66. The summed E-state index contributed by atoms with van der Waals surface area (Å²) in [6, 6.07) is 0. The van der Waals surface area contributed by atoms with E-state index in [9.17, 15) is 18.0 Å². The molecule has 0 saturated heterocycles. The topological polar surface area (TPSA) is 59.2 Å². The third kappa shape index (κ3) is 3.97. The van der Waals surface area contributed by atoms with Crippen LogP contribution in [0.15, 0.2) is 5.38 Å². The van der Waals surface area contributed by atoms with Crippen LogP contribution >= 0.6 is 11.3 Å². The smallest absolute Gasteiger partial charge is 0.339 e. The summed E-state index contributed by atoms with van der Waals surface area (Å²) in [6.45, 7) is 0.286. The molecule has 0 spiro atoms. The van der Waals surface area contributed by atoms with Crippen LogP contribution in [0.25, 0.3) is 0 Å². The van der Waals surface area contributed by atoms with Gasteiger partial charge in [-0.3, -0.25) is 4.79 Å². The molecule has 0 atom stereocenters. The zero-order valence-electron chi connectivity index (χ0n) is 9.12. The van der Waals surface area contributed by atoms with Crippen LogP contribution < -0.4 is 5.73 Å². The highest BCUT2D eigenvalue weighted by molar-refractivity contribution is 7.09. The summed E-state index contributed by atoms with van der Waals surface area (Å²) in [4.78, 5) is 16.1. The number of carbonyl (C=O) groups is 1. The lowest BCUT2D eigenvalue weighted by molar-refractivity contribution is -0.140. The molecule has 2 N–H and O–H groups in total. The van der Waals surface area contributed by atoms with Crippen molar-refractivity contribution in [2.24, 2.45) is 5.73 Å². The Morgan fingerprint density at radius 2 is 2.24 bits per heavy atom. The number of thiazole rings is 1. The molecule has 0 aliphatic heterocycles. The van der Waals surface area contributed by atoms with Gasteiger partial charge in [0.25, 0.3) is 0 Å². The Morgan fingerprint density at radius 3 is 2.71 bits per heavy atom. The molecule has 8 heteroatoms. The summed E-state index contributed by atoms with van der Waals surface area (Å²) in [7, 11) is 1.51. The van der Waals surface area contributed by atoms with Crippen molar-refractivity contribution in [1.29, 1.82) is 0 Å². The molecule has 1 amide bonds. The molecule has 1 rings (SSSR count). The molecule has 0 unspecified atom stereocenters. The van der Waals surface area contributed by atoms with Crippen LogP contribution in [0.3, 0.4) is 0 Å². The maximum absolute atomic E-state index is 12.3. The fourth-order valence-corrected chi connectivity index (χ4v) is 1.97. The first-order valence-electron chi connectivity index (χ1n) is 4.80. The van der Waals surface area contributed by atoms with E-state index < -0.39 is 11.9 Å². The maximum Gasteiger partial charge on any atom is 0.434 e. The van der Waals surface area contributed by atoms with Crippen LogP contribution in [-0.4, -0.2) is 29.4 Å². The number of aromatic nitrogens is 1. The lowest BCUT2D eigenvalue weighted by atomic mass is 10.4. The second-order valence-electron chi connectivity index (χ2n) is 3.41. The second kappa shape index (κ2) is 5.46. The summed E-state index contributed by atoms with van der Waals surface area (Å²) in [5.74, 6) is -0.212. The molecule has 0 bridgehead atoms.